The highest BCUT2D eigenvalue weighted by atomic mass is 16.2. The minimum atomic E-state index is -0.547. The zero-order valence-electron chi connectivity index (χ0n) is 15.3. The number of imide groups is 1. The molecule has 3 amide bonds. The van der Waals surface area contributed by atoms with Crippen molar-refractivity contribution >= 4 is 17.7 Å². The van der Waals surface area contributed by atoms with E-state index in [9.17, 15) is 14.4 Å². The van der Waals surface area contributed by atoms with Crippen LogP contribution in [0.1, 0.15) is 47.2 Å². The number of piperidine rings is 1. The van der Waals surface area contributed by atoms with E-state index in [-0.39, 0.29) is 24.1 Å². The molecule has 27 heavy (non-hydrogen) atoms. The number of rotatable bonds is 3. The lowest BCUT2D eigenvalue weighted by Gasteiger charge is -2.40. The number of likely N-dealkylation sites (tertiary alicyclic amines) is 1. The van der Waals surface area contributed by atoms with E-state index < -0.39 is 6.04 Å². The van der Waals surface area contributed by atoms with Crippen molar-refractivity contribution in [1.82, 2.24) is 20.4 Å². The molecule has 3 saturated heterocycles. The number of fused-ring (bicyclic) bond motifs is 1. The molecule has 4 aliphatic rings. The normalized spacial score (nSPS) is 30.6. The molecule has 0 bridgehead atoms. The van der Waals surface area contributed by atoms with Crippen LogP contribution in [-0.4, -0.2) is 58.7 Å². The Morgan fingerprint density at radius 1 is 1.19 bits per heavy atom. The van der Waals surface area contributed by atoms with E-state index in [0.29, 0.717) is 24.1 Å². The van der Waals surface area contributed by atoms with Gasteiger partial charge in [0.1, 0.15) is 6.04 Å². The average molecular weight is 368 g/mol. The predicted octanol–water partition coefficient (Wildman–Crippen LogP) is 0.385. The molecule has 4 heterocycles. The highest BCUT2D eigenvalue weighted by Gasteiger charge is 2.42. The smallest absolute Gasteiger partial charge is 0.255 e. The van der Waals surface area contributed by atoms with E-state index in [1.54, 1.807) is 4.90 Å². The first-order chi connectivity index (χ1) is 13.0. The third-order valence-corrected chi connectivity index (χ3v) is 6.53. The summed E-state index contributed by atoms with van der Waals surface area (Å²) in [5.41, 5.74) is 3.22. The van der Waals surface area contributed by atoms with E-state index in [2.05, 4.69) is 21.6 Å². The number of benzene rings is 1. The summed E-state index contributed by atoms with van der Waals surface area (Å²) in [4.78, 5) is 40.4. The number of hydrogen-bond donors (Lipinski definition) is 2. The van der Waals surface area contributed by atoms with Crippen LogP contribution in [0.15, 0.2) is 18.2 Å². The topological polar surface area (TPSA) is 81.8 Å². The largest absolute Gasteiger partial charge is 0.322 e. The summed E-state index contributed by atoms with van der Waals surface area (Å²) >= 11 is 0. The van der Waals surface area contributed by atoms with Crippen LogP contribution in [0.4, 0.5) is 0 Å². The molecule has 1 aromatic rings. The minimum absolute atomic E-state index is 0.107. The first-order valence-electron chi connectivity index (χ1n) is 9.77. The summed E-state index contributed by atoms with van der Waals surface area (Å²) in [6, 6.07) is 5.49. The Morgan fingerprint density at radius 3 is 2.74 bits per heavy atom. The molecular weight excluding hydrogens is 344 g/mol. The van der Waals surface area contributed by atoms with Crippen molar-refractivity contribution in [2.75, 3.05) is 19.6 Å². The molecule has 4 aliphatic heterocycles. The molecule has 0 aliphatic carbocycles. The van der Waals surface area contributed by atoms with Crippen molar-refractivity contribution in [2.45, 2.75) is 50.4 Å². The van der Waals surface area contributed by atoms with Crippen LogP contribution in [0.2, 0.25) is 0 Å². The molecule has 1 spiro atoms. The molecule has 2 unspecified atom stereocenters. The highest BCUT2D eigenvalue weighted by Crippen LogP contribution is 2.32. The second-order valence-electron chi connectivity index (χ2n) is 8.31. The van der Waals surface area contributed by atoms with Crippen LogP contribution in [-0.2, 0) is 22.7 Å². The molecule has 0 aromatic heterocycles. The summed E-state index contributed by atoms with van der Waals surface area (Å²) in [5.74, 6) is -0.722. The molecule has 0 saturated carbocycles. The molecule has 0 radical (unpaired) electrons. The number of nitrogens with zero attached hydrogens (tertiary/aromatic N) is 2. The van der Waals surface area contributed by atoms with Crippen LogP contribution < -0.4 is 10.6 Å². The van der Waals surface area contributed by atoms with Crippen LogP contribution >= 0.6 is 0 Å². The number of carbonyl (C=O) groups excluding carboxylic acids is 3. The molecule has 2 atom stereocenters. The van der Waals surface area contributed by atoms with Gasteiger partial charge in [-0.3, -0.25) is 24.6 Å². The summed E-state index contributed by atoms with van der Waals surface area (Å²) in [6.07, 6.45) is 3.16. The van der Waals surface area contributed by atoms with E-state index in [4.69, 9.17) is 0 Å². The quantitative estimate of drug-likeness (QED) is 0.754. The minimum Gasteiger partial charge on any atom is -0.322 e. The maximum absolute atomic E-state index is 12.8. The van der Waals surface area contributed by atoms with E-state index >= 15 is 0 Å². The zero-order chi connectivity index (χ0) is 18.6. The maximum atomic E-state index is 12.8. The van der Waals surface area contributed by atoms with Gasteiger partial charge in [0.2, 0.25) is 11.8 Å². The van der Waals surface area contributed by atoms with Gasteiger partial charge >= 0.3 is 0 Å². The van der Waals surface area contributed by atoms with Crippen molar-refractivity contribution in [3.8, 4) is 0 Å². The molecule has 1 aromatic carbocycles. The second-order valence-corrected chi connectivity index (χ2v) is 8.31. The van der Waals surface area contributed by atoms with Crippen molar-refractivity contribution in [1.29, 1.82) is 0 Å². The molecule has 7 nitrogen and oxygen atoms in total. The van der Waals surface area contributed by atoms with Crippen molar-refractivity contribution < 1.29 is 14.4 Å². The molecule has 5 rings (SSSR count). The number of hydrogen-bond acceptors (Lipinski definition) is 5. The second kappa shape index (κ2) is 6.14. The van der Waals surface area contributed by atoms with Crippen LogP contribution in [0.3, 0.4) is 0 Å². The maximum Gasteiger partial charge on any atom is 0.255 e. The van der Waals surface area contributed by atoms with Gasteiger partial charge in [-0.15, -0.1) is 0 Å². The monoisotopic (exact) mass is 368 g/mol. The SMILES string of the molecule is O=C1CCC(N2Cc3cc(CN4CCC5(CCN5)C4)ccc3C2=O)C(=O)N1. The fourth-order valence-electron chi connectivity index (χ4n) is 4.90. The number of amides is 3. The van der Waals surface area contributed by atoms with Crippen molar-refractivity contribution in [2.24, 2.45) is 0 Å². The summed E-state index contributed by atoms with van der Waals surface area (Å²) in [6.45, 7) is 4.66. The average Bonchev–Trinajstić information content (AvgIpc) is 3.17. The Labute approximate surface area is 158 Å². The van der Waals surface area contributed by atoms with Crippen molar-refractivity contribution in [3.05, 3.63) is 34.9 Å². The standard InChI is InChI=1S/C20H24N4O3/c25-17-4-3-16(18(26)22-17)24-11-14-9-13(1-2-15(14)19(24)27)10-23-8-6-20(12-23)5-7-21-20/h1-2,9,16,21H,3-8,10-12H2,(H,22,25,26). The Balaban J connectivity index is 1.29. The van der Waals surface area contributed by atoms with E-state index in [0.717, 1.165) is 31.7 Å². The van der Waals surface area contributed by atoms with Gasteiger partial charge in [0, 0.05) is 43.7 Å². The molecular formula is C20H24N4O3. The van der Waals surface area contributed by atoms with Gasteiger partial charge in [0.25, 0.3) is 5.91 Å². The highest BCUT2D eigenvalue weighted by molar-refractivity contribution is 6.05. The van der Waals surface area contributed by atoms with Gasteiger partial charge in [0.05, 0.1) is 0 Å². The first-order valence-corrected chi connectivity index (χ1v) is 9.77. The van der Waals surface area contributed by atoms with Crippen LogP contribution in [0.5, 0.6) is 0 Å². The van der Waals surface area contributed by atoms with Gasteiger partial charge in [-0.1, -0.05) is 12.1 Å². The Kier molecular flexibility index (Phi) is 3.84. The Hall–Kier alpha value is -2.25. The third-order valence-electron chi connectivity index (χ3n) is 6.53. The van der Waals surface area contributed by atoms with Crippen LogP contribution in [0, 0.1) is 0 Å². The summed E-state index contributed by atoms with van der Waals surface area (Å²) in [5, 5.41) is 5.93. The van der Waals surface area contributed by atoms with E-state index in [1.807, 2.05) is 12.1 Å². The molecule has 7 heteroatoms. The number of nitrogens with one attached hydrogen (secondary N) is 2. The lowest BCUT2D eigenvalue weighted by molar-refractivity contribution is -0.136. The lowest BCUT2D eigenvalue weighted by Crippen LogP contribution is -2.58. The third kappa shape index (κ3) is 2.85. The van der Waals surface area contributed by atoms with Crippen molar-refractivity contribution in [3.63, 3.8) is 0 Å². The lowest BCUT2D eigenvalue weighted by atomic mass is 9.87. The van der Waals surface area contributed by atoms with Gasteiger partial charge < -0.3 is 10.2 Å². The summed E-state index contributed by atoms with van der Waals surface area (Å²) in [7, 11) is 0. The van der Waals surface area contributed by atoms with E-state index in [1.165, 1.54) is 18.4 Å². The predicted molar refractivity (Wildman–Crippen MR) is 97.7 cm³/mol. The zero-order valence-corrected chi connectivity index (χ0v) is 15.3. The molecule has 2 N–H and O–H groups in total. The Bertz CT molecular complexity index is 833. The Morgan fingerprint density at radius 2 is 2.04 bits per heavy atom. The fourth-order valence-corrected chi connectivity index (χ4v) is 4.90. The summed E-state index contributed by atoms with van der Waals surface area (Å²) < 4.78 is 0. The van der Waals surface area contributed by atoms with Gasteiger partial charge in [-0.05, 0) is 43.0 Å². The fraction of sp³-hybridized carbons (Fsp3) is 0.550. The first kappa shape index (κ1) is 16.9. The van der Waals surface area contributed by atoms with Gasteiger partial charge in [-0.2, -0.15) is 0 Å². The molecule has 142 valence electrons. The molecule has 3 fully saturated rings. The van der Waals surface area contributed by atoms with Gasteiger partial charge in [0.15, 0.2) is 0 Å². The number of carbonyl (C=O) groups is 3. The van der Waals surface area contributed by atoms with Gasteiger partial charge in [-0.25, -0.2) is 0 Å². The van der Waals surface area contributed by atoms with Crippen LogP contribution in [0.25, 0.3) is 0 Å².